The van der Waals surface area contributed by atoms with Gasteiger partial charge in [0.2, 0.25) is 0 Å². The van der Waals surface area contributed by atoms with Crippen molar-refractivity contribution < 1.29 is 9.47 Å². The van der Waals surface area contributed by atoms with Crippen molar-refractivity contribution in [3.63, 3.8) is 0 Å². The highest BCUT2D eigenvalue weighted by atomic mass is 127. The quantitative estimate of drug-likeness (QED) is 0.323. The van der Waals surface area contributed by atoms with Gasteiger partial charge in [0.25, 0.3) is 0 Å². The van der Waals surface area contributed by atoms with Crippen LogP contribution >= 0.6 is 24.0 Å². The average Bonchev–Trinajstić information content (AvgIpc) is 3.36. The van der Waals surface area contributed by atoms with Crippen molar-refractivity contribution in [1.82, 2.24) is 25.0 Å². The van der Waals surface area contributed by atoms with E-state index in [-0.39, 0.29) is 24.0 Å². The number of ether oxygens (including phenoxy) is 2. The Balaban J connectivity index is 0.00000320. The average molecular weight is 528 g/mol. The first-order valence-electron chi connectivity index (χ1n) is 10.2. The molecule has 0 saturated heterocycles. The number of likely N-dealkylation sites (N-methyl/N-ethyl adjacent to an activating group) is 1. The molecule has 166 valence electrons. The number of hydrogen-bond donors (Lipinski definition) is 1. The van der Waals surface area contributed by atoms with Gasteiger partial charge in [0.1, 0.15) is 30.5 Å². The van der Waals surface area contributed by atoms with Crippen LogP contribution in [0.4, 0.5) is 0 Å². The maximum atomic E-state index is 5.88. The van der Waals surface area contributed by atoms with Gasteiger partial charge in [-0.25, -0.2) is 4.99 Å². The van der Waals surface area contributed by atoms with Crippen molar-refractivity contribution in [2.45, 2.75) is 45.2 Å². The van der Waals surface area contributed by atoms with Gasteiger partial charge in [0.05, 0.1) is 13.7 Å². The number of nitrogens with one attached hydrogen (secondary N) is 1. The molecule has 0 unspecified atom stereocenters. The summed E-state index contributed by atoms with van der Waals surface area (Å²) in [6.45, 7) is 3.73. The van der Waals surface area contributed by atoms with Gasteiger partial charge in [-0.05, 0) is 44.0 Å². The molecular formula is C21H33IN6O2. The van der Waals surface area contributed by atoms with Crippen molar-refractivity contribution in [3.8, 4) is 11.5 Å². The third-order valence-electron chi connectivity index (χ3n) is 5.36. The normalized spacial score (nSPS) is 14.3. The minimum Gasteiger partial charge on any atom is -0.497 e. The zero-order chi connectivity index (χ0) is 20.6. The molecule has 1 heterocycles. The molecule has 0 aliphatic heterocycles. The van der Waals surface area contributed by atoms with Crippen LogP contribution in [-0.2, 0) is 13.6 Å². The van der Waals surface area contributed by atoms with E-state index in [1.54, 1.807) is 7.11 Å². The number of guanidine groups is 1. The number of aliphatic imine (C=N–C) groups is 1. The van der Waals surface area contributed by atoms with Crippen LogP contribution in [0.5, 0.6) is 11.5 Å². The second-order valence-electron chi connectivity index (χ2n) is 7.43. The molecule has 0 spiro atoms. The standard InChI is InChI=1S/C21H32N6O2.HI/c1-16-24-25-20(27(16)3)15-22-21(23-17-7-5-6-8-17)26(2)13-14-29-19-11-9-18(28-4)10-12-19;/h9-12,17H,5-8,13-15H2,1-4H3,(H,22,23);1H. The van der Waals surface area contributed by atoms with E-state index < -0.39 is 0 Å². The Morgan fingerprint density at radius 3 is 2.47 bits per heavy atom. The molecule has 1 aliphatic rings. The maximum Gasteiger partial charge on any atom is 0.194 e. The molecule has 2 aromatic rings. The van der Waals surface area contributed by atoms with Gasteiger partial charge in [-0.15, -0.1) is 34.2 Å². The molecule has 0 amide bonds. The monoisotopic (exact) mass is 528 g/mol. The maximum absolute atomic E-state index is 5.88. The molecule has 8 nitrogen and oxygen atoms in total. The van der Waals surface area contributed by atoms with E-state index in [1.165, 1.54) is 25.7 Å². The molecule has 1 N–H and O–H groups in total. The van der Waals surface area contributed by atoms with Crippen molar-refractivity contribution in [1.29, 1.82) is 0 Å². The van der Waals surface area contributed by atoms with Crippen molar-refractivity contribution in [2.24, 2.45) is 12.0 Å². The highest BCUT2D eigenvalue weighted by Gasteiger charge is 2.18. The number of hydrogen-bond acceptors (Lipinski definition) is 5. The first-order chi connectivity index (χ1) is 14.1. The van der Waals surface area contributed by atoms with Gasteiger partial charge >= 0.3 is 0 Å². The van der Waals surface area contributed by atoms with Crippen molar-refractivity contribution >= 4 is 29.9 Å². The molecule has 1 fully saturated rings. The minimum atomic E-state index is 0. The Morgan fingerprint density at radius 2 is 1.87 bits per heavy atom. The fourth-order valence-corrected chi connectivity index (χ4v) is 3.34. The Kier molecular flexibility index (Phi) is 9.67. The van der Waals surface area contributed by atoms with Gasteiger partial charge < -0.3 is 24.3 Å². The summed E-state index contributed by atoms with van der Waals surface area (Å²) in [7, 11) is 5.67. The molecule has 9 heteroatoms. The molecular weight excluding hydrogens is 495 g/mol. The topological polar surface area (TPSA) is 76.8 Å². The second-order valence-corrected chi connectivity index (χ2v) is 7.43. The Morgan fingerprint density at radius 1 is 1.20 bits per heavy atom. The smallest absolute Gasteiger partial charge is 0.194 e. The third kappa shape index (κ3) is 6.75. The van der Waals surface area contributed by atoms with Crippen LogP contribution in [-0.4, -0.2) is 59.0 Å². The number of methoxy groups -OCH3 is 1. The van der Waals surface area contributed by atoms with E-state index in [0.29, 0.717) is 19.2 Å². The predicted molar refractivity (Wildman–Crippen MR) is 129 cm³/mol. The highest BCUT2D eigenvalue weighted by molar-refractivity contribution is 14.0. The van der Waals surface area contributed by atoms with Gasteiger partial charge in [0, 0.05) is 20.1 Å². The number of nitrogens with zero attached hydrogens (tertiary/aromatic N) is 5. The lowest BCUT2D eigenvalue weighted by Gasteiger charge is -2.25. The number of rotatable bonds is 8. The summed E-state index contributed by atoms with van der Waals surface area (Å²) in [5.41, 5.74) is 0. The first-order valence-corrected chi connectivity index (χ1v) is 10.2. The first kappa shape index (κ1) is 24.2. The summed E-state index contributed by atoms with van der Waals surface area (Å²) in [6.07, 6.45) is 4.94. The summed E-state index contributed by atoms with van der Waals surface area (Å²) in [4.78, 5) is 6.93. The van der Waals surface area contributed by atoms with E-state index in [0.717, 1.165) is 35.7 Å². The Bertz CT molecular complexity index is 802. The van der Waals surface area contributed by atoms with Crippen LogP contribution < -0.4 is 14.8 Å². The highest BCUT2D eigenvalue weighted by Crippen LogP contribution is 2.18. The van der Waals surface area contributed by atoms with Crippen LogP contribution in [0.2, 0.25) is 0 Å². The van der Waals surface area contributed by atoms with E-state index in [1.807, 2.05) is 49.9 Å². The summed E-state index contributed by atoms with van der Waals surface area (Å²) in [5.74, 6) is 4.29. The Hall–Kier alpha value is -2.04. The summed E-state index contributed by atoms with van der Waals surface area (Å²) in [5, 5.41) is 12.0. The summed E-state index contributed by atoms with van der Waals surface area (Å²) in [6, 6.07) is 8.12. The second kappa shape index (κ2) is 12.0. The van der Waals surface area contributed by atoms with E-state index in [4.69, 9.17) is 14.5 Å². The van der Waals surface area contributed by atoms with Gasteiger partial charge in [-0.2, -0.15) is 0 Å². The predicted octanol–water partition coefficient (Wildman–Crippen LogP) is 3.15. The zero-order valence-corrected chi connectivity index (χ0v) is 20.6. The van der Waals surface area contributed by atoms with E-state index in [9.17, 15) is 0 Å². The molecule has 0 atom stereocenters. The van der Waals surface area contributed by atoms with Crippen LogP contribution in [0, 0.1) is 6.92 Å². The lowest BCUT2D eigenvalue weighted by Crippen LogP contribution is -2.44. The van der Waals surface area contributed by atoms with Crippen molar-refractivity contribution in [3.05, 3.63) is 35.9 Å². The molecule has 30 heavy (non-hydrogen) atoms. The number of benzene rings is 1. The number of aryl methyl sites for hydroxylation is 1. The number of aromatic nitrogens is 3. The molecule has 1 aromatic carbocycles. The minimum absolute atomic E-state index is 0. The van der Waals surface area contributed by atoms with Gasteiger partial charge in [-0.1, -0.05) is 12.8 Å². The molecule has 1 saturated carbocycles. The lowest BCUT2D eigenvalue weighted by molar-refractivity contribution is 0.279. The van der Waals surface area contributed by atoms with Gasteiger partial charge in [-0.3, -0.25) is 0 Å². The van der Waals surface area contributed by atoms with Crippen LogP contribution in [0.25, 0.3) is 0 Å². The lowest BCUT2D eigenvalue weighted by atomic mass is 10.2. The molecule has 1 aliphatic carbocycles. The summed E-state index contributed by atoms with van der Waals surface area (Å²) < 4.78 is 13.0. The molecule has 1 aromatic heterocycles. The SMILES string of the molecule is COc1ccc(OCCN(C)C(=NCc2nnc(C)n2C)NC2CCCC2)cc1.I. The fraction of sp³-hybridized carbons (Fsp3) is 0.571. The third-order valence-corrected chi connectivity index (χ3v) is 5.36. The Labute approximate surface area is 196 Å². The molecule has 0 radical (unpaired) electrons. The van der Waals surface area contributed by atoms with Crippen LogP contribution in [0.1, 0.15) is 37.3 Å². The van der Waals surface area contributed by atoms with E-state index in [2.05, 4.69) is 20.4 Å². The van der Waals surface area contributed by atoms with Crippen molar-refractivity contribution in [2.75, 3.05) is 27.3 Å². The van der Waals surface area contributed by atoms with Crippen LogP contribution in [0.15, 0.2) is 29.3 Å². The summed E-state index contributed by atoms with van der Waals surface area (Å²) >= 11 is 0. The fourth-order valence-electron chi connectivity index (χ4n) is 3.34. The zero-order valence-electron chi connectivity index (χ0n) is 18.3. The van der Waals surface area contributed by atoms with E-state index >= 15 is 0 Å². The number of halogens is 1. The largest absolute Gasteiger partial charge is 0.497 e. The molecule has 0 bridgehead atoms. The van der Waals surface area contributed by atoms with Gasteiger partial charge in [0.15, 0.2) is 11.8 Å². The van der Waals surface area contributed by atoms with Crippen LogP contribution in [0.3, 0.4) is 0 Å². The molecule has 3 rings (SSSR count).